The number of carbonyl (C=O) groups excluding carboxylic acids is 1. The Morgan fingerprint density at radius 2 is 1.91 bits per heavy atom. The van der Waals surface area contributed by atoms with Crippen molar-refractivity contribution in [2.24, 2.45) is 0 Å². The maximum absolute atomic E-state index is 12.2. The molecule has 0 spiro atoms. The van der Waals surface area contributed by atoms with E-state index < -0.39 is 9.84 Å². The lowest BCUT2D eigenvalue weighted by atomic mass is 10.1. The Hall–Kier alpha value is -2.08. The van der Waals surface area contributed by atoms with Crippen molar-refractivity contribution in [1.82, 2.24) is 5.32 Å². The zero-order valence-electron chi connectivity index (χ0n) is 13.3. The van der Waals surface area contributed by atoms with Gasteiger partial charge in [0.25, 0.3) is 5.91 Å². The van der Waals surface area contributed by atoms with Gasteiger partial charge in [0.2, 0.25) is 0 Å². The van der Waals surface area contributed by atoms with E-state index in [1.54, 1.807) is 13.2 Å². The van der Waals surface area contributed by atoms with E-state index in [1.165, 1.54) is 24.3 Å². The zero-order valence-corrected chi connectivity index (χ0v) is 14.1. The molecule has 124 valence electrons. The van der Waals surface area contributed by atoms with E-state index in [9.17, 15) is 13.2 Å². The Balaban J connectivity index is 1.92. The van der Waals surface area contributed by atoms with Crippen LogP contribution in [-0.4, -0.2) is 26.1 Å². The Labute approximate surface area is 136 Å². The maximum Gasteiger partial charge on any atom is 0.251 e. The first kappa shape index (κ1) is 17.3. The highest BCUT2D eigenvalue weighted by Crippen LogP contribution is 2.13. The molecule has 1 aromatic heterocycles. The SMILES string of the molecule is CCS(=O)(=O)c1ccc(C(=O)N[C@@H](C)CCc2ccco2)cc1. The largest absolute Gasteiger partial charge is 0.469 e. The molecule has 1 heterocycles. The molecular weight excluding hydrogens is 314 g/mol. The summed E-state index contributed by atoms with van der Waals surface area (Å²) < 4.78 is 28.8. The first-order valence-corrected chi connectivity index (χ1v) is 9.23. The summed E-state index contributed by atoms with van der Waals surface area (Å²) in [4.78, 5) is 12.4. The lowest BCUT2D eigenvalue weighted by molar-refractivity contribution is 0.0938. The molecule has 0 unspecified atom stereocenters. The molecule has 1 atom stereocenters. The zero-order chi connectivity index (χ0) is 16.9. The molecule has 0 saturated carbocycles. The highest BCUT2D eigenvalue weighted by molar-refractivity contribution is 7.91. The molecule has 2 rings (SSSR count). The van der Waals surface area contributed by atoms with Gasteiger partial charge in [0.1, 0.15) is 5.76 Å². The smallest absolute Gasteiger partial charge is 0.251 e. The molecule has 0 aliphatic rings. The average Bonchev–Trinajstić information content (AvgIpc) is 3.06. The molecule has 23 heavy (non-hydrogen) atoms. The van der Waals surface area contributed by atoms with Gasteiger partial charge in [0, 0.05) is 18.0 Å². The third-order valence-corrected chi connectivity index (χ3v) is 5.39. The van der Waals surface area contributed by atoms with Crippen LogP contribution in [0.4, 0.5) is 0 Å². The van der Waals surface area contributed by atoms with Crippen molar-refractivity contribution in [2.75, 3.05) is 5.75 Å². The average molecular weight is 335 g/mol. The van der Waals surface area contributed by atoms with E-state index in [-0.39, 0.29) is 22.6 Å². The van der Waals surface area contributed by atoms with Crippen LogP contribution in [0.25, 0.3) is 0 Å². The first-order valence-electron chi connectivity index (χ1n) is 7.58. The predicted molar refractivity (Wildman–Crippen MR) is 88.1 cm³/mol. The quantitative estimate of drug-likeness (QED) is 0.844. The van der Waals surface area contributed by atoms with Crippen molar-refractivity contribution < 1.29 is 17.6 Å². The van der Waals surface area contributed by atoms with Crippen molar-refractivity contribution in [2.45, 2.75) is 37.6 Å². The van der Waals surface area contributed by atoms with Crippen molar-refractivity contribution in [3.8, 4) is 0 Å². The summed E-state index contributed by atoms with van der Waals surface area (Å²) in [6, 6.07) is 9.76. The van der Waals surface area contributed by atoms with Crippen LogP contribution in [0.2, 0.25) is 0 Å². The molecule has 0 aliphatic carbocycles. The molecular formula is C17H21NO4S. The molecule has 5 nitrogen and oxygen atoms in total. The van der Waals surface area contributed by atoms with Crippen LogP contribution in [0.5, 0.6) is 0 Å². The van der Waals surface area contributed by atoms with Crippen LogP contribution in [0.3, 0.4) is 0 Å². The summed E-state index contributed by atoms with van der Waals surface area (Å²) in [5.41, 5.74) is 0.449. The number of furan rings is 1. The molecule has 6 heteroatoms. The minimum absolute atomic E-state index is 0.00773. The monoisotopic (exact) mass is 335 g/mol. The van der Waals surface area contributed by atoms with Gasteiger partial charge >= 0.3 is 0 Å². The number of amides is 1. The van der Waals surface area contributed by atoms with Gasteiger partial charge in [0.05, 0.1) is 16.9 Å². The van der Waals surface area contributed by atoms with Gasteiger partial charge < -0.3 is 9.73 Å². The summed E-state index contributed by atoms with van der Waals surface area (Å²) in [6.45, 7) is 3.52. The topological polar surface area (TPSA) is 76.4 Å². The van der Waals surface area contributed by atoms with Gasteiger partial charge in [-0.3, -0.25) is 4.79 Å². The summed E-state index contributed by atoms with van der Waals surface area (Å²) in [6.07, 6.45) is 3.15. The van der Waals surface area contributed by atoms with Crippen molar-refractivity contribution in [3.05, 3.63) is 54.0 Å². The van der Waals surface area contributed by atoms with Gasteiger partial charge in [0.15, 0.2) is 9.84 Å². The summed E-state index contributed by atoms with van der Waals surface area (Å²) in [7, 11) is -3.24. The van der Waals surface area contributed by atoms with Crippen molar-refractivity contribution in [1.29, 1.82) is 0 Å². The number of hydrogen-bond acceptors (Lipinski definition) is 4. The third kappa shape index (κ3) is 4.69. The third-order valence-electron chi connectivity index (χ3n) is 3.64. The van der Waals surface area contributed by atoms with E-state index in [2.05, 4.69) is 5.32 Å². The van der Waals surface area contributed by atoms with E-state index in [0.29, 0.717) is 5.56 Å². The second kappa shape index (κ2) is 7.46. The van der Waals surface area contributed by atoms with Crippen LogP contribution in [0.1, 0.15) is 36.4 Å². The molecule has 0 radical (unpaired) electrons. The number of rotatable bonds is 7. The fourth-order valence-corrected chi connectivity index (χ4v) is 3.06. The second-order valence-electron chi connectivity index (χ2n) is 5.42. The van der Waals surface area contributed by atoms with E-state index in [0.717, 1.165) is 18.6 Å². The van der Waals surface area contributed by atoms with Gasteiger partial charge in [-0.1, -0.05) is 6.92 Å². The minimum atomic E-state index is -3.24. The molecule has 2 aromatic rings. The van der Waals surface area contributed by atoms with Gasteiger partial charge in [-0.25, -0.2) is 8.42 Å². The highest BCUT2D eigenvalue weighted by atomic mass is 32.2. The van der Waals surface area contributed by atoms with E-state index in [4.69, 9.17) is 4.42 Å². The Kier molecular flexibility index (Phi) is 5.60. The lowest BCUT2D eigenvalue weighted by Gasteiger charge is -2.13. The predicted octanol–water partition coefficient (Wildman–Crippen LogP) is 2.82. The molecule has 0 aliphatic heterocycles. The van der Waals surface area contributed by atoms with Gasteiger partial charge in [-0.15, -0.1) is 0 Å². The summed E-state index contributed by atoms with van der Waals surface area (Å²) in [5, 5.41) is 2.90. The Bertz CT molecular complexity index is 733. The number of benzene rings is 1. The molecule has 0 fully saturated rings. The fraction of sp³-hybridized carbons (Fsp3) is 0.353. The first-order chi connectivity index (χ1) is 10.9. The summed E-state index contributed by atoms with van der Waals surface area (Å²) in [5.74, 6) is 0.722. The molecule has 0 saturated heterocycles. The van der Waals surface area contributed by atoms with Crippen LogP contribution < -0.4 is 5.32 Å². The van der Waals surface area contributed by atoms with Crippen molar-refractivity contribution in [3.63, 3.8) is 0 Å². The van der Waals surface area contributed by atoms with Crippen molar-refractivity contribution >= 4 is 15.7 Å². The van der Waals surface area contributed by atoms with Gasteiger partial charge in [-0.2, -0.15) is 0 Å². The standard InChI is InChI=1S/C17H21NO4S/c1-3-23(20,21)16-10-7-14(8-11-16)17(19)18-13(2)6-9-15-5-4-12-22-15/h4-5,7-8,10-13H,3,6,9H2,1-2H3,(H,18,19)/t13-/m0/s1. The number of sulfone groups is 1. The van der Waals surface area contributed by atoms with Crippen LogP contribution >= 0.6 is 0 Å². The molecule has 1 amide bonds. The molecule has 1 aromatic carbocycles. The van der Waals surface area contributed by atoms with E-state index >= 15 is 0 Å². The molecule has 0 bridgehead atoms. The lowest BCUT2D eigenvalue weighted by Crippen LogP contribution is -2.32. The number of carbonyl (C=O) groups is 1. The highest BCUT2D eigenvalue weighted by Gasteiger charge is 2.14. The fourth-order valence-electron chi connectivity index (χ4n) is 2.17. The maximum atomic E-state index is 12.2. The minimum Gasteiger partial charge on any atom is -0.469 e. The van der Waals surface area contributed by atoms with Crippen LogP contribution in [0, 0.1) is 0 Å². The van der Waals surface area contributed by atoms with Crippen LogP contribution in [0.15, 0.2) is 52.0 Å². The molecule has 1 N–H and O–H groups in total. The second-order valence-corrected chi connectivity index (χ2v) is 7.70. The Morgan fingerprint density at radius 1 is 1.22 bits per heavy atom. The van der Waals surface area contributed by atoms with E-state index in [1.807, 2.05) is 19.1 Å². The number of hydrogen-bond donors (Lipinski definition) is 1. The summed E-state index contributed by atoms with van der Waals surface area (Å²) >= 11 is 0. The normalized spacial score (nSPS) is 12.8. The number of nitrogens with one attached hydrogen (secondary N) is 1. The van der Waals surface area contributed by atoms with Gasteiger partial charge in [-0.05, 0) is 49.7 Å². The van der Waals surface area contributed by atoms with Crippen LogP contribution in [-0.2, 0) is 16.3 Å². The Morgan fingerprint density at radius 3 is 2.48 bits per heavy atom. The number of aryl methyl sites for hydroxylation is 1.